The van der Waals surface area contributed by atoms with Gasteiger partial charge in [-0.15, -0.1) is 0 Å². The van der Waals surface area contributed by atoms with Gasteiger partial charge in [-0.05, 0) is 19.1 Å². The van der Waals surface area contributed by atoms with E-state index < -0.39 is 0 Å². The van der Waals surface area contributed by atoms with Gasteiger partial charge in [-0.2, -0.15) is 0 Å². The minimum absolute atomic E-state index is 0.198. The van der Waals surface area contributed by atoms with Crippen molar-refractivity contribution >= 4 is 0 Å². The molecule has 1 aromatic rings. The highest BCUT2D eigenvalue weighted by Gasteiger charge is 2.00. The second kappa shape index (κ2) is 2.75. The minimum atomic E-state index is -0.290. The van der Waals surface area contributed by atoms with Crippen molar-refractivity contribution in [3.63, 3.8) is 0 Å². The van der Waals surface area contributed by atoms with Gasteiger partial charge >= 0.3 is 0 Å². The first-order chi connectivity index (χ1) is 4.70. The molecular formula is C7H9FN2. The Balaban J connectivity index is 2.96. The van der Waals surface area contributed by atoms with E-state index in [-0.39, 0.29) is 11.9 Å². The van der Waals surface area contributed by atoms with Gasteiger partial charge in [-0.25, -0.2) is 4.39 Å². The first-order valence-electron chi connectivity index (χ1n) is 3.07. The SMILES string of the molecule is C[C@@H](N)c1cc(F)ccn1. The second-order valence-corrected chi connectivity index (χ2v) is 2.19. The number of pyridine rings is 1. The molecule has 2 nitrogen and oxygen atoms in total. The summed E-state index contributed by atoms with van der Waals surface area (Å²) in [5.74, 6) is -0.290. The van der Waals surface area contributed by atoms with Gasteiger partial charge in [0.15, 0.2) is 0 Å². The van der Waals surface area contributed by atoms with E-state index in [1.807, 2.05) is 0 Å². The first-order valence-corrected chi connectivity index (χ1v) is 3.07. The maximum absolute atomic E-state index is 12.4. The molecule has 0 aliphatic rings. The number of rotatable bonds is 1. The summed E-state index contributed by atoms with van der Waals surface area (Å²) < 4.78 is 12.4. The highest BCUT2D eigenvalue weighted by Crippen LogP contribution is 2.06. The standard InChI is InChI=1S/C7H9FN2/c1-5(9)7-4-6(8)2-3-10-7/h2-5H,9H2,1H3/t5-/m1/s1. The average Bonchev–Trinajstić information content (AvgIpc) is 1.88. The molecule has 0 fully saturated rings. The van der Waals surface area contributed by atoms with Crippen molar-refractivity contribution in [1.82, 2.24) is 4.98 Å². The van der Waals surface area contributed by atoms with Crippen LogP contribution in [0.5, 0.6) is 0 Å². The normalized spacial score (nSPS) is 13.1. The predicted octanol–water partition coefficient (Wildman–Crippen LogP) is 1.24. The number of hydrogen-bond donors (Lipinski definition) is 1. The van der Waals surface area contributed by atoms with Crippen LogP contribution in [0.4, 0.5) is 4.39 Å². The van der Waals surface area contributed by atoms with Crippen molar-refractivity contribution in [3.05, 3.63) is 29.8 Å². The predicted molar refractivity (Wildman–Crippen MR) is 36.8 cm³/mol. The molecule has 0 aliphatic carbocycles. The summed E-state index contributed by atoms with van der Waals surface area (Å²) in [5.41, 5.74) is 6.04. The fraction of sp³-hybridized carbons (Fsp3) is 0.286. The van der Waals surface area contributed by atoms with E-state index in [9.17, 15) is 4.39 Å². The molecule has 0 spiro atoms. The van der Waals surface area contributed by atoms with Gasteiger partial charge in [-0.1, -0.05) is 0 Å². The number of aromatic nitrogens is 1. The molecule has 1 rings (SSSR count). The topological polar surface area (TPSA) is 38.9 Å². The fourth-order valence-corrected chi connectivity index (χ4v) is 0.670. The van der Waals surface area contributed by atoms with Crippen LogP contribution in [-0.2, 0) is 0 Å². The quantitative estimate of drug-likeness (QED) is 0.637. The summed E-state index contributed by atoms with van der Waals surface area (Å²) in [6.45, 7) is 1.77. The molecule has 1 aromatic heterocycles. The zero-order valence-corrected chi connectivity index (χ0v) is 5.71. The number of nitrogens with two attached hydrogens (primary N) is 1. The van der Waals surface area contributed by atoms with Gasteiger partial charge in [-0.3, -0.25) is 4.98 Å². The van der Waals surface area contributed by atoms with Crippen LogP contribution in [-0.4, -0.2) is 4.98 Å². The van der Waals surface area contributed by atoms with Crippen molar-refractivity contribution in [2.24, 2.45) is 5.73 Å². The van der Waals surface area contributed by atoms with Crippen LogP contribution in [0.25, 0.3) is 0 Å². The minimum Gasteiger partial charge on any atom is -0.323 e. The summed E-state index contributed by atoms with van der Waals surface area (Å²) >= 11 is 0. The average molecular weight is 140 g/mol. The van der Waals surface area contributed by atoms with Crippen LogP contribution in [0.15, 0.2) is 18.3 Å². The largest absolute Gasteiger partial charge is 0.323 e. The first kappa shape index (κ1) is 7.15. The van der Waals surface area contributed by atoms with Crippen LogP contribution < -0.4 is 5.73 Å². The Morgan fingerprint density at radius 1 is 1.70 bits per heavy atom. The lowest BCUT2D eigenvalue weighted by Gasteiger charge is -2.01. The molecule has 2 N–H and O–H groups in total. The number of nitrogens with zero attached hydrogens (tertiary/aromatic N) is 1. The van der Waals surface area contributed by atoms with E-state index in [1.54, 1.807) is 6.92 Å². The smallest absolute Gasteiger partial charge is 0.126 e. The summed E-state index contributed by atoms with van der Waals surface area (Å²) in [6, 6.07) is 2.44. The van der Waals surface area contributed by atoms with Gasteiger partial charge in [0.2, 0.25) is 0 Å². The lowest BCUT2D eigenvalue weighted by atomic mass is 10.2. The van der Waals surface area contributed by atoms with E-state index in [2.05, 4.69) is 4.98 Å². The third-order valence-corrected chi connectivity index (χ3v) is 1.21. The number of hydrogen-bond acceptors (Lipinski definition) is 2. The molecule has 0 aliphatic heterocycles. The van der Waals surface area contributed by atoms with E-state index in [4.69, 9.17) is 5.73 Å². The molecule has 0 amide bonds. The number of halogens is 1. The van der Waals surface area contributed by atoms with Crippen molar-refractivity contribution in [1.29, 1.82) is 0 Å². The Hall–Kier alpha value is -0.960. The molecule has 3 heteroatoms. The maximum Gasteiger partial charge on any atom is 0.126 e. The van der Waals surface area contributed by atoms with Gasteiger partial charge in [0.05, 0.1) is 5.69 Å². The van der Waals surface area contributed by atoms with E-state index >= 15 is 0 Å². The van der Waals surface area contributed by atoms with Crippen molar-refractivity contribution < 1.29 is 4.39 Å². The van der Waals surface area contributed by atoms with E-state index in [0.717, 1.165) is 0 Å². The van der Waals surface area contributed by atoms with Gasteiger partial charge in [0, 0.05) is 12.2 Å². The summed E-state index contributed by atoms with van der Waals surface area (Å²) in [6.07, 6.45) is 1.41. The lowest BCUT2D eigenvalue weighted by Crippen LogP contribution is -2.07. The van der Waals surface area contributed by atoms with Crippen LogP contribution in [0, 0.1) is 5.82 Å². The highest BCUT2D eigenvalue weighted by atomic mass is 19.1. The van der Waals surface area contributed by atoms with Gasteiger partial charge in [0.1, 0.15) is 5.82 Å². The van der Waals surface area contributed by atoms with Gasteiger partial charge in [0.25, 0.3) is 0 Å². The molecule has 0 radical (unpaired) electrons. The lowest BCUT2D eigenvalue weighted by molar-refractivity contribution is 0.617. The summed E-state index contributed by atoms with van der Waals surface area (Å²) in [7, 11) is 0. The summed E-state index contributed by atoms with van der Waals surface area (Å²) in [4.78, 5) is 3.87. The third kappa shape index (κ3) is 1.51. The second-order valence-electron chi connectivity index (χ2n) is 2.19. The molecule has 1 atom stereocenters. The maximum atomic E-state index is 12.4. The molecule has 0 saturated carbocycles. The zero-order valence-electron chi connectivity index (χ0n) is 5.71. The molecule has 1 heterocycles. The van der Waals surface area contributed by atoms with Gasteiger partial charge < -0.3 is 5.73 Å². The van der Waals surface area contributed by atoms with Crippen molar-refractivity contribution in [2.75, 3.05) is 0 Å². The third-order valence-electron chi connectivity index (χ3n) is 1.21. The van der Waals surface area contributed by atoms with Crippen LogP contribution in [0.2, 0.25) is 0 Å². The van der Waals surface area contributed by atoms with Crippen LogP contribution in [0.3, 0.4) is 0 Å². The highest BCUT2D eigenvalue weighted by molar-refractivity contribution is 5.08. The molecular weight excluding hydrogens is 131 g/mol. The molecule has 0 unspecified atom stereocenters. The molecule has 10 heavy (non-hydrogen) atoms. The van der Waals surface area contributed by atoms with E-state index in [1.165, 1.54) is 18.3 Å². The van der Waals surface area contributed by atoms with E-state index in [0.29, 0.717) is 5.69 Å². The Labute approximate surface area is 58.9 Å². The Kier molecular flexibility index (Phi) is 1.97. The fourth-order valence-electron chi connectivity index (χ4n) is 0.670. The summed E-state index contributed by atoms with van der Waals surface area (Å²) in [5, 5.41) is 0. The Morgan fingerprint density at radius 2 is 2.40 bits per heavy atom. The Morgan fingerprint density at radius 3 is 2.80 bits per heavy atom. The molecule has 0 aromatic carbocycles. The van der Waals surface area contributed by atoms with Crippen LogP contribution in [0.1, 0.15) is 18.7 Å². The van der Waals surface area contributed by atoms with Crippen molar-refractivity contribution in [2.45, 2.75) is 13.0 Å². The zero-order chi connectivity index (χ0) is 7.56. The monoisotopic (exact) mass is 140 g/mol. The van der Waals surface area contributed by atoms with Crippen molar-refractivity contribution in [3.8, 4) is 0 Å². The molecule has 0 saturated heterocycles. The molecule has 0 bridgehead atoms. The Bertz CT molecular complexity index is 223. The van der Waals surface area contributed by atoms with Crippen LogP contribution >= 0.6 is 0 Å². The molecule has 54 valence electrons.